The first-order valence-corrected chi connectivity index (χ1v) is 9.26. The number of benzene rings is 1. The number of carbonyl (C=O) groups is 2. The predicted molar refractivity (Wildman–Crippen MR) is 99.7 cm³/mol. The van der Waals surface area contributed by atoms with Crippen molar-refractivity contribution >= 4 is 28.8 Å². The van der Waals surface area contributed by atoms with Crippen LogP contribution >= 0.6 is 11.3 Å². The third-order valence-electron chi connectivity index (χ3n) is 4.77. The summed E-state index contributed by atoms with van der Waals surface area (Å²) in [6.45, 7) is 8.33. The van der Waals surface area contributed by atoms with Crippen LogP contribution in [0, 0.1) is 19.8 Å². The minimum absolute atomic E-state index is 0.000838. The number of aryl methyl sites for hydroxylation is 1. The summed E-state index contributed by atoms with van der Waals surface area (Å²) in [6.07, 6.45) is 1.97. The van der Waals surface area contributed by atoms with E-state index in [1.54, 1.807) is 11.1 Å². The van der Waals surface area contributed by atoms with Crippen molar-refractivity contribution in [2.45, 2.75) is 39.7 Å². The predicted octanol–water partition coefficient (Wildman–Crippen LogP) is 3.16. The summed E-state index contributed by atoms with van der Waals surface area (Å²) in [5, 5.41) is 5.80. The molecule has 5 nitrogen and oxygen atoms in total. The number of anilines is 1. The summed E-state index contributed by atoms with van der Waals surface area (Å²) < 4.78 is 0. The van der Waals surface area contributed by atoms with Gasteiger partial charge in [-0.2, -0.15) is 0 Å². The van der Waals surface area contributed by atoms with E-state index in [-0.39, 0.29) is 24.2 Å². The van der Waals surface area contributed by atoms with Crippen LogP contribution in [0.3, 0.4) is 0 Å². The summed E-state index contributed by atoms with van der Waals surface area (Å²) in [5.74, 6) is -0.436. The van der Waals surface area contributed by atoms with Gasteiger partial charge in [-0.3, -0.25) is 9.59 Å². The lowest BCUT2D eigenvalue weighted by Crippen LogP contribution is -2.44. The van der Waals surface area contributed by atoms with E-state index in [1.807, 2.05) is 51.3 Å². The first kappa shape index (κ1) is 17.6. The van der Waals surface area contributed by atoms with Gasteiger partial charge >= 0.3 is 0 Å². The number of hydrogen-bond donors (Lipinski definition) is 1. The SMILES string of the molecule is Cc1cccc(N2CC(C(=O)NC(C)(C)c3nccs3)CC2=O)c1C. The molecular weight excluding hydrogens is 334 g/mol. The van der Waals surface area contributed by atoms with Gasteiger partial charge in [-0.1, -0.05) is 12.1 Å². The molecule has 1 aliphatic heterocycles. The van der Waals surface area contributed by atoms with Crippen LogP contribution in [0.1, 0.15) is 36.4 Å². The van der Waals surface area contributed by atoms with Crippen molar-refractivity contribution in [2.24, 2.45) is 5.92 Å². The van der Waals surface area contributed by atoms with Crippen LogP contribution in [0.25, 0.3) is 0 Å². The maximum absolute atomic E-state index is 12.7. The molecule has 0 aliphatic carbocycles. The molecule has 1 N–H and O–H groups in total. The third kappa shape index (κ3) is 3.44. The first-order chi connectivity index (χ1) is 11.8. The molecule has 0 spiro atoms. The van der Waals surface area contributed by atoms with Crippen LogP contribution in [0.15, 0.2) is 29.8 Å². The molecule has 25 heavy (non-hydrogen) atoms. The number of carbonyl (C=O) groups excluding carboxylic acids is 2. The Bertz CT molecular complexity index is 799. The second-order valence-corrected chi connectivity index (χ2v) is 7.97. The Morgan fingerprint density at radius 1 is 1.36 bits per heavy atom. The summed E-state index contributed by atoms with van der Waals surface area (Å²) in [5.41, 5.74) is 2.59. The molecule has 6 heteroatoms. The molecule has 2 aromatic rings. The minimum Gasteiger partial charge on any atom is -0.344 e. The normalized spacial score (nSPS) is 17.8. The van der Waals surface area contributed by atoms with Crippen molar-refractivity contribution in [1.29, 1.82) is 0 Å². The Kier molecular flexibility index (Phi) is 4.64. The van der Waals surface area contributed by atoms with E-state index < -0.39 is 5.54 Å². The zero-order chi connectivity index (χ0) is 18.2. The van der Waals surface area contributed by atoms with E-state index >= 15 is 0 Å². The molecule has 0 radical (unpaired) electrons. The Morgan fingerprint density at radius 3 is 2.80 bits per heavy atom. The van der Waals surface area contributed by atoms with Crippen LogP contribution in [0.5, 0.6) is 0 Å². The van der Waals surface area contributed by atoms with Crippen LogP contribution in [0.2, 0.25) is 0 Å². The lowest BCUT2D eigenvalue weighted by molar-refractivity contribution is -0.127. The van der Waals surface area contributed by atoms with Crippen LogP contribution in [0.4, 0.5) is 5.69 Å². The summed E-state index contributed by atoms with van der Waals surface area (Å²) >= 11 is 1.51. The number of thiazole rings is 1. The van der Waals surface area contributed by atoms with E-state index in [0.29, 0.717) is 6.54 Å². The number of hydrogen-bond acceptors (Lipinski definition) is 4. The van der Waals surface area contributed by atoms with Crippen molar-refractivity contribution < 1.29 is 9.59 Å². The van der Waals surface area contributed by atoms with Gasteiger partial charge in [-0.15, -0.1) is 11.3 Å². The fourth-order valence-electron chi connectivity index (χ4n) is 3.14. The first-order valence-electron chi connectivity index (χ1n) is 8.38. The molecule has 1 fully saturated rings. The van der Waals surface area contributed by atoms with Crippen LogP contribution in [-0.4, -0.2) is 23.3 Å². The maximum atomic E-state index is 12.7. The van der Waals surface area contributed by atoms with E-state index in [1.165, 1.54) is 11.3 Å². The highest BCUT2D eigenvalue weighted by molar-refractivity contribution is 7.09. The summed E-state index contributed by atoms with van der Waals surface area (Å²) in [7, 11) is 0. The van der Waals surface area contributed by atoms with Gasteiger partial charge in [0.1, 0.15) is 5.01 Å². The van der Waals surface area contributed by atoms with E-state index in [2.05, 4.69) is 10.3 Å². The van der Waals surface area contributed by atoms with Gasteiger partial charge in [0.25, 0.3) is 0 Å². The smallest absolute Gasteiger partial charge is 0.227 e. The lowest BCUT2D eigenvalue weighted by atomic mass is 10.0. The molecular formula is C19H23N3O2S. The second-order valence-electron chi connectivity index (χ2n) is 7.08. The van der Waals surface area contributed by atoms with Gasteiger partial charge in [0.15, 0.2) is 0 Å². The fourth-order valence-corrected chi connectivity index (χ4v) is 3.86. The quantitative estimate of drug-likeness (QED) is 0.914. The Balaban J connectivity index is 1.74. The van der Waals surface area contributed by atoms with Crippen molar-refractivity contribution in [3.63, 3.8) is 0 Å². The summed E-state index contributed by atoms with van der Waals surface area (Å²) in [4.78, 5) is 31.2. The molecule has 1 unspecified atom stereocenters. The maximum Gasteiger partial charge on any atom is 0.227 e. The molecule has 1 aromatic carbocycles. The molecule has 132 valence electrons. The average molecular weight is 357 g/mol. The molecule has 2 heterocycles. The van der Waals surface area contributed by atoms with Gasteiger partial charge in [0.05, 0.1) is 11.5 Å². The molecule has 1 aliphatic rings. The second kappa shape index (κ2) is 6.59. The topological polar surface area (TPSA) is 62.3 Å². The Hall–Kier alpha value is -2.21. The number of rotatable bonds is 4. The third-order valence-corrected chi connectivity index (χ3v) is 5.86. The van der Waals surface area contributed by atoms with Gasteiger partial charge in [-0.05, 0) is 44.9 Å². The van der Waals surface area contributed by atoms with Crippen LogP contribution < -0.4 is 10.2 Å². The van der Waals surface area contributed by atoms with Crippen molar-refractivity contribution in [3.05, 3.63) is 45.9 Å². The van der Waals surface area contributed by atoms with Crippen molar-refractivity contribution in [3.8, 4) is 0 Å². The minimum atomic E-state index is -0.541. The van der Waals surface area contributed by atoms with Crippen LogP contribution in [-0.2, 0) is 15.1 Å². The molecule has 0 bridgehead atoms. The Morgan fingerprint density at radius 2 is 2.12 bits per heavy atom. The van der Waals surface area contributed by atoms with E-state index in [9.17, 15) is 9.59 Å². The molecule has 1 saturated heterocycles. The number of amides is 2. The Labute approximate surface area is 152 Å². The highest BCUT2D eigenvalue weighted by Gasteiger charge is 2.38. The standard InChI is InChI=1S/C19H23N3O2S/c1-12-6-5-7-15(13(12)2)22-11-14(10-16(22)23)17(24)21-19(3,4)18-20-8-9-25-18/h5-9,14H,10-11H2,1-4H3,(H,21,24). The molecule has 3 rings (SSSR count). The largest absolute Gasteiger partial charge is 0.344 e. The van der Waals surface area contributed by atoms with Crippen molar-refractivity contribution in [2.75, 3.05) is 11.4 Å². The summed E-state index contributed by atoms with van der Waals surface area (Å²) in [6, 6.07) is 5.92. The van der Waals surface area contributed by atoms with E-state index in [4.69, 9.17) is 0 Å². The number of nitrogens with zero attached hydrogens (tertiary/aromatic N) is 2. The van der Waals surface area contributed by atoms with Gasteiger partial charge in [-0.25, -0.2) is 4.98 Å². The van der Waals surface area contributed by atoms with Gasteiger partial charge in [0, 0.05) is 30.2 Å². The highest BCUT2D eigenvalue weighted by Crippen LogP contribution is 2.30. The lowest BCUT2D eigenvalue weighted by Gasteiger charge is -2.26. The molecule has 1 atom stereocenters. The molecule has 0 saturated carbocycles. The zero-order valence-electron chi connectivity index (χ0n) is 15.0. The average Bonchev–Trinajstić information content (AvgIpc) is 3.20. The van der Waals surface area contributed by atoms with Gasteiger partial charge in [0.2, 0.25) is 11.8 Å². The fraction of sp³-hybridized carbons (Fsp3) is 0.421. The zero-order valence-corrected chi connectivity index (χ0v) is 15.8. The number of aromatic nitrogens is 1. The monoisotopic (exact) mass is 357 g/mol. The van der Waals surface area contributed by atoms with Crippen molar-refractivity contribution in [1.82, 2.24) is 10.3 Å². The number of nitrogens with one attached hydrogen (secondary N) is 1. The van der Waals surface area contributed by atoms with Gasteiger partial charge < -0.3 is 10.2 Å². The van der Waals surface area contributed by atoms with E-state index in [0.717, 1.165) is 21.8 Å². The molecule has 1 aromatic heterocycles. The molecule has 2 amide bonds. The highest BCUT2D eigenvalue weighted by atomic mass is 32.1.